The quantitative estimate of drug-likeness (QED) is 0.313. The number of aliphatic hydroxyl groups excluding tert-OH is 1. The van der Waals surface area contributed by atoms with Gasteiger partial charge in [-0.05, 0) is 49.6 Å². The van der Waals surface area contributed by atoms with Crippen molar-refractivity contribution in [3.05, 3.63) is 65.2 Å². The summed E-state index contributed by atoms with van der Waals surface area (Å²) >= 11 is 0. The first-order valence-corrected chi connectivity index (χ1v) is 11.5. The topological polar surface area (TPSA) is 85.3 Å². The lowest BCUT2D eigenvalue weighted by Gasteiger charge is -2.25. The molecule has 1 saturated heterocycles. The van der Waals surface area contributed by atoms with Crippen molar-refractivity contribution < 1.29 is 28.9 Å². The zero-order chi connectivity index (χ0) is 24.8. The molecule has 1 unspecified atom stereocenters. The number of carbonyl (C=O) groups is 2. The number of hydrogen-bond acceptors (Lipinski definition) is 6. The second kappa shape index (κ2) is 11.2. The van der Waals surface area contributed by atoms with Gasteiger partial charge in [-0.1, -0.05) is 38.1 Å². The Balaban J connectivity index is 2.09. The molecule has 0 aliphatic carbocycles. The summed E-state index contributed by atoms with van der Waals surface area (Å²) < 4.78 is 16.8. The molecule has 1 N–H and O–H groups in total. The number of likely N-dealkylation sites (tertiary alicyclic amines) is 1. The van der Waals surface area contributed by atoms with Gasteiger partial charge in [0.25, 0.3) is 11.7 Å². The smallest absolute Gasteiger partial charge is 0.295 e. The van der Waals surface area contributed by atoms with E-state index in [0.717, 1.165) is 0 Å². The minimum Gasteiger partial charge on any atom is -0.507 e. The number of nitrogens with zero attached hydrogens (tertiary/aromatic N) is 1. The van der Waals surface area contributed by atoms with E-state index in [1.807, 2.05) is 45.9 Å². The van der Waals surface area contributed by atoms with E-state index in [-0.39, 0.29) is 30.6 Å². The third-order valence-corrected chi connectivity index (χ3v) is 5.31. The van der Waals surface area contributed by atoms with Crippen LogP contribution in [-0.4, -0.2) is 54.7 Å². The summed E-state index contributed by atoms with van der Waals surface area (Å²) in [6.07, 6.45) is -0.0383. The van der Waals surface area contributed by atoms with Crippen molar-refractivity contribution in [3.8, 4) is 11.5 Å². The molecule has 1 aliphatic heterocycles. The van der Waals surface area contributed by atoms with Gasteiger partial charge in [-0.2, -0.15) is 0 Å². The maximum absolute atomic E-state index is 13.1. The molecule has 1 atom stereocenters. The molecule has 3 rings (SSSR count). The van der Waals surface area contributed by atoms with E-state index in [1.54, 1.807) is 30.3 Å². The van der Waals surface area contributed by atoms with Gasteiger partial charge in [-0.25, -0.2) is 0 Å². The number of aliphatic hydroxyl groups is 1. The van der Waals surface area contributed by atoms with Crippen LogP contribution in [0.25, 0.3) is 5.76 Å². The van der Waals surface area contributed by atoms with Gasteiger partial charge in [-0.3, -0.25) is 9.59 Å². The molecule has 0 aromatic heterocycles. The molecule has 0 radical (unpaired) electrons. The Bertz CT molecular complexity index is 1060. The molecule has 34 heavy (non-hydrogen) atoms. The Morgan fingerprint density at radius 2 is 1.74 bits per heavy atom. The predicted molar refractivity (Wildman–Crippen MR) is 130 cm³/mol. The highest BCUT2D eigenvalue weighted by Crippen LogP contribution is 2.40. The molecule has 0 bridgehead atoms. The van der Waals surface area contributed by atoms with Gasteiger partial charge in [0.1, 0.15) is 17.3 Å². The second-order valence-corrected chi connectivity index (χ2v) is 8.96. The van der Waals surface area contributed by atoms with Gasteiger partial charge < -0.3 is 24.2 Å². The van der Waals surface area contributed by atoms with Crippen molar-refractivity contribution in [3.63, 3.8) is 0 Å². The fraction of sp³-hybridized carbons (Fsp3) is 0.407. The molecule has 182 valence electrons. The highest BCUT2D eigenvalue weighted by Gasteiger charge is 2.46. The molecule has 1 aliphatic rings. The van der Waals surface area contributed by atoms with Crippen molar-refractivity contribution in [1.29, 1.82) is 0 Å². The van der Waals surface area contributed by atoms with Crippen molar-refractivity contribution in [2.45, 2.75) is 39.8 Å². The average molecular weight is 468 g/mol. The van der Waals surface area contributed by atoms with E-state index in [2.05, 4.69) is 0 Å². The van der Waals surface area contributed by atoms with Crippen LogP contribution in [0.4, 0.5) is 0 Å². The predicted octanol–water partition coefficient (Wildman–Crippen LogP) is 4.58. The molecule has 1 fully saturated rings. The van der Waals surface area contributed by atoms with E-state index in [0.29, 0.717) is 35.2 Å². The van der Waals surface area contributed by atoms with Crippen molar-refractivity contribution in [1.82, 2.24) is 4.90 Å². The highest BCUT2D eigenvalue weighted by molar-refractivity contribution is 6.46. The largest absolute Gasteiger partial charge is 0.507 e. The van der Waals surface area contributed by atoms with Crippen LogP contribution in [0.5, 0.6) is 11.5 Å². The summed E-state index contributed by atoms with van der Waals surface area (Å²) in [4.78, 5) is 27.5. The number of ether oxygens (including phenoxy) is 3. The highest BCUT2D eigenvalue weighted by atomic mass is 16.5. The van der Waals surface area contributed by atoms with E-state index < -0.39 is 17.7 Å². The van der Waals surface area contributed by atoms with E-state index in [1.165, 1.54) is 12.0 Å². The van der Waals surface area contributed by atoms with Crippen LogP contribution in [0, 0.1) is 5.92 Å². The number of methoxy groups -OCH3 is 1. The van der Waals surface area contributed by atoms with Crippen LogP contribution in [0.15, 0.2) is 54.1 Å². The third-order valence-electron chi connectivity index (χ3n) is 5.31. The first-order chi connectivity index (χ1) is 16.2. The number of Topliss-reactive ketones (excluding diaryl/α,β-unsaturated/α-hetero) is 1. The standard InChI is InChI=1S/C27H33NO6/c1-17(2)16-33-21-10-7-9-20(15-21)25(29)23-24(28(12-13-32-5)27(31)26(23)30)19-8-6-11-22(14-19)34-18(3)4/h6-11,14-15,17-18,24,29H,12-13,16H2,1-5H3/b25-23-. The molecule has 7 nitrogen and oxygen atoms in total. The van der Waals surface area contributed by atoms with Crippen LogP contribution >= 0.6 is 0 Å². The summed E-state index contributed by atoms with van der Waals surface area (Å²) in [5, 5.41) is 11.3. The van der Waals surface area contributed by atoms with Crippen LogP contribution in [0.2, 0.25) is 0 Å². The van der Waals surface area contributed by atoms with E-state index >= 15 is 0 Å². The lowest BCUT2D eigenvalue weighted by molar-refractivity contribution is -0.140. The zero-order valence-electron chi connectivity index (χ0n) is 20.4. The molecule has 1 amide bonds. The second-order valence-electron chi connectivity index (χ2n) is 8.96. The van der Waals surface area contributed by atoms with Crippen LogP contribution in [0.1, 0.15) is 44.9 Å². The van der Waals surface area contributed by atoms with E-state index in [4.69, 9.17) is 14.2 Å². The number of amides is 1. The van der Waals surface area contributed by atoms with Gasteiger partial charge in [-0.15, -0.1) is 0 Å². The van der Waals surface area contributed by atoms with Gasteiger partial charge in [0.05, 0.1) is 30.9 Å². The third kappa shape index (κ3) is 5.78. The van der Waals surface area contributed by atoms with E-state index in [9.17, 15) is 14.7 Å². The Labute approximate surface area is 200 Å². The fourth-order valence-corrected chi connectivity index (χ4v) is 3.83. The summed E-state index contributed by atoms with van der Waals surface area (Å²) in [5.74, 6) is -0.116. The monoisotopic (exact) mass is 467 g/mol. The Morgan fingerprint density at radius 1 is 1.03 bits per heavy atom. The lowest BCUT2D eigenvalue weighted by atomic mass is 9.95. The SMILES string of the molecule is COCCN1C(=O)C(=O)/C(=C(\O)c2cccc(OCC(C)C)c2)C1c1cccc(OC(C)C)c1. The molecular weight excluding hydrogens is 434 g/mol. The van der Waals surface area contributed by atoms with Crippen LogP contribution < -0.4 is 9.47 Å². The van der Waals surface area contributed by atoms with Crippen LogP contribution in [0.3, 0.4) is 0 Å². The van der Waals surface area contributed by atoms with Gasteiger partial charge >= 0.3 is 0 Å². The summed E-state index contributed by atoms with van der Waals surface area (Å²) in [7, 11) is 1.53. The van der Waals surface area contributed by atoms with Crippen LogP contribution in [-0.2, 0) is 14.3 Å². The van der Waals surface area contributed by atoms with Gasteiger partial charge in [0.2, 0.25) is 0 Å². The number of benzene rings is 2. The first kappa shape index (κ1) is 25.3. The molecule has 0 saturated carbocycles. The maximum Gasteiger partial charge on any atom is 0.295 e. The maximum atomic E-state index is 13.1. The Hall–Kier alpha value is -3.32. The molecule has 1 heterocycles. The first-order valence-electron chi connectivity index (χ1n) is 11.5. The molecule has 2 aromatic rings. The Kier molecular flexibility index (Phi) is 8.34. The van der Waals surface area contributed by atoms with Crippen molar-refractivity contribution >= 4 is 17.4 Å². The number of hydrogen-bond donors (Lipinski definition) is 1. The number of carbonyl (C=O) groups excluding carboxylic acids is 2. The summed E-state index contributed by atoms with van der Waals surface area (Å²) in [6, 6.07) is 13.4. The molecule has 7 heteroatoms. The number of ketones is 1. The Morgan fingerprint density at radius 3 is 2.41 bits per heavy atom. The summed E-state index contributed by atoms with van der Waals surface area (Å²) in [6.45, 7) is 8.91. The molecule has 2 aromatic carbocycles. The van der Waals surface area contributed by atoms with Crippen molar-refractivity contribution in [2.75, 3.05) is 26.9 Å². The lowest BCUT2D eigenvalue weighted by Crippen LogP contribution is -2.32. The molecular formula is C27H33NO6. The summed E-state index contributed by atoms with van der Waals surface area (Å²) in [5.41, 5.74) is 1.11. The normalized spacial score (nSPS) is 17.6. The minimum atomic E-state index is -0.772. The zero-order valence-corrected chi connectivity index (χ0v) is 20.4. The minimum absolute atomic E-state index is 0.0313. The van der Waals surface area contributed by atoms with Gasteiger partial charge in [0, 0.05) is 19.2 Å². The number of rotatable bonds is 10. The average Bonchev–Trinajstić information content (AvgIpc) is 3.05. The van der Waals surface area contributed by atoms with Gasteiger partial charge in [0.15, 0.2) is 0 Å². The molecule has 0 spiro atoms. The van der Waals surface area contributed by atoms with Crippen molar-refractivity contribution in [2.24, 2.45) is 5.92 Å². The fourth-order valence-electron chi connectivity index (χ4n) is 3.83.